The Morgan fingerprint density at radius 3 is 2.40 bits per heavy atom. The first kappa shape index (κ1) is 29.3. The van der Waals surface area contributed by atoms with Gasteiger partial charge in [-0.15, -0.1) is 0 Å². The number of nitrogens with zero attached hydrogens (tertiary/aromatic N) is 2. The number of allylic oxidation sites excluding steroid dienone is 1. The Bertz CT molecular complexity index is 1340. The number of aliphatic hydroxyl groups excluding tert-OH is 2. The number of ketones is 2. The third-order valence-electron chi connectivity index (χ3n) is 8.07. The topological polar surface area (TPSA) is 157 Å². The minimum atomic E-state index is -2.67. The number of hydrogen-bond acceptors (Lipinski definition) is 10. The molecule has 3 aliphatic carbocycles. The van der Waals surface area contributed by atoms with Gasteiger partial charge in [-0.1, -0.05) is 13.3 Å². The van der Waals surface area contributed by atoms with Crippen LogP contribution in [0.25, 0.3) is 0 Å². The van der Waals surface area contributed by atoms with Crippen molar-refractivity contribution >= 4 is 29.1 Å². The second kappa shape index (κ2) is 10.7. The van der Waals surface area contributed by atoms with Gasteiger partial charge >= 0.3 is 0 Å². The van der Waals surface area contributed by atoms with E-state index in [0.29, 0.717) is 18.8 Å². The maximum Gasteiger partial charge on any atom is 0.265 e. The summed E-state index contributed by atoms with van der Waals surface area (Å²) in [5.41, 5.74) is -1.81. The van der Waals surface area contributed by atoms with Gasteiger partial charge in [-0.05, 0) is 57.0 Å². The summed E-state index contributed by atoms with van der Waals surface area (Å²) in [7, 11) is 6.91. The number of benzene rings is 1. The van der Waals surface area contributed by atoms with E-state index in [9.17, 15) is 34.5 Å². The molecule has 2 amide bonds. The van der Waals surface area contributed by atoms with Crippen LogP contribution in [0.15, 0.2) is 34.8 Å². The second-order valence-corrected chi connectivity index (χ2v) is 11.1. The summed E-state index contributed by atoms with van der Waals surface area (Å²) < 4.78 is 5.96. The van der Waals surface area contributed by atoms with Crippen molar-refractivity contribution in [1.82, 2.24) is 10.2 Å². The lowest BCUT2D eigenvalue weighted by Crippen LogP contribution is -2.64. The number of anilines is 1. The molecule has 4 rings (SSSR count). The molecule has 1 aromatic rings. The number of likely N-dealkylation sites (N-methyl/N-ethyl adjacent to an activating group) is 1. The first-order valence-electron chi connectivity index (χ1n) is 13.4. The molecule has 0 saturated carbocycles. The Balaban J connectivity index is 1.92. The highest BCUT2D eigenvalue weighted by molar-refractivity contribution is 6.27. The SMILES string of the molecule is CCCCOc1ccc(N(C)C)c2c1C(=O)C1=C(O)[C@]3(O)C(=O)C(C(=O)NC(C)=O)=C(O)C(N(C)C)[C@@H]3C[C@@H]1C2. The maximum atomic E-state index is 14.1. The van der Waals surface area contributed by atoms with Crippen LogP contribution in [0.5, 0.6) is 5.75 Å². The smallest absolute Gasteiger partial charge is 0.265 e. The lowest BCUT2D eigenvalue weighted by Gasteiger charge is -2.50. The number of carbonyl (C=O) groups is 4. The first-order valence-corrected chi connectivity index (χ1v) is 13.4. The number of rotatable bonds is 7. The summed E-state index contributed by atoms with van der Waals surface area (Å²) in [6, 6.07) is 2.52. The summed E-state index contributed by atoms with van der Waals surface area (Å²) in [5, 5.41) is 36.6. The van der Waals surface area contributed by atoms with Gasteiger partial charge < -0.3 is 25.0 Å². The van der Waals surface area contributed by atoms with Crippen LogP contribution < -0.4 is 15.0 Å². The van der Waals surface area contributed by atoms with Crippen LogP contribution >= 0.6 is 0 Å². The lowest BCUT2D eigenvalue weighted by molar-refractivity contribution is -0.148. The fraction of sp³-hybridized carbons (Fsp3) is 0.517. The van der Waals surface area contributed by atoms with Crippen molar-refractivity contribution in [3.63, 3.8) is 0 Å². The van der Waals surface area contributed by atoms with E-state index in [4.69, 9.17) is 4.74 Å². The van der Waals surface area contributed by atoms with Crippen LogP contribution in [-0.2, 0) is 20.8 Å². The Morgan fingerprint density at radius 2 is 1.82 bits per heavy atom. The summed E-state index contributed by atoms with van der Waals surface area (Å²) in [6.07, 6.45) is 2.05. The predicted molar refractivity (Wildman–Crippen MR) is 146 cm³/mol. The summed E-state index contributed by atoms with van der Waals surface area (Å²) in [6.45, 7) is 3.47. The van der Waals surface area contributed by atoms with Gasteiger partial charge in [-0.3, -0.25) is 29.4 Å². The van der Waals surface area contributed by atoms with Crippen LogP contribution in [0, 0.1) is 11.8 Å². The van der Waals surface area contributed by atoms with Crippen molar-refractivity contribution in [1.29, 1.82) is 0 Å². The molecule has 40 heavy (non-hydrogen) atoms. The highest BCUT2D eigenvalue weighted by Crippen LogP contribution is 2.53. The van der Waals surface area contributed by atoms with E-state index in [1.807, 2.05) is 37.3 Å². The summed E-state index contributed by atoms with van der Waals surface area (Å²) >= 11 is 0. The molecule has 1 aromatic carbocycles. The molecule has 0 radical (unpaired) electrons. The Kier molecular flexibility index (Phi) is 7.83. The molecule has 4 N–H and O–H groups in total. The van der Waals surface area contributed by atoms with Crippen LogP contribution in [0.3, 0.4) is 0 Å². The normalized spacial score (nSPS) is 25.9. The number of ether oxygens (including phenoxy) is 1. The van der Waals surface area contributed by atoms with Crippen LogP contribution in [-0.4, -0.2) is 90.0 Å². The molecule has 11 nitrogen and oxygen atoms in total. The van der Waals surface area contributed by atoms with E-state index < -0.39 is 64.0 Å². The number of unbranched alkanes of at least 4 members (excludes halogenated alkanes) is 1. The van der Waals surface area contributed by atoms with Gasteiger partial charge in [0.05, 0.1) is 18.2 Å². The van der Waals surface area contributed by atoms with Gasteiger partial charge in [-0.25, -0.2) is 0 Å². The number of nitrogens with one attached hydrogen (secondary N) is 1. The number of fused-ring (bicyclic) bond motifs is 3. The number of carbonyl (C=O) groups excluding carboxylic acids is 4. The van der Waals surface area contributed by atoms with Crippen molar-refractivity contribution in [2.45, 2.75) is 51.2 Å². The molecular formula is C29H37N3O8. The van der Waals surface area contributed by atoms with Crippen molar-refractivity contribution < 1.29 is 39.2 Å². The van der Waals surface area contributed by atoms with E-state index >= 15 is 0 Å². The fourth-order valence-corrected chi connectivity index (χ4v) is 6.29. The molecule has 0 spiro atoms. The molecule has 4 atom stereocenters. The highest BCUT2D eigenvalue weighted by Gasteiger charge is 2.63. The van der Waals surface area contributed by atoms with Crippen LogP contribution in [0.4, 0.5) is 5.69 Å². The third kappa shape index (κ3) is 4.46. The van der Waals surface area contributed by atoms with E-state index in [-0.39, 0.29) is 17.6 Å². The van der Waals surface area contributed by atoms with Gasteiger partial charge in [0.2, 0.25) is 11.7 Å². The Hall–Kier alpha value is -3.70. The van der Waals surface area contributed by atoms with Crippen molar-refractivity contribution in [2.24, 2.45) is 11.8 Å². The van der Waals surface area contributed by atoms with Crippen molar-refractivity contribution in [2.75, 3.05) is 39.7 Å². The molecule has 0 heterocycles. The summed E-state index contributed by atoms with van der Waals surface area (Å²) in [4.78, 5) is 55.6. The Morgan fingerprint density at radius 1 is 1.15 bits per heavy atom. The second-order valence-electron chi connectivity index (χ2n) is 11.1. The molecule has 216 valence electrons. The van der Waals surface area contributed by atoms with Crippen molar-refractivity contribution in [3.05, 3.63) is 45.9 Å². The van der Waals surface area contributed by atoms with E-state index in [0.717, 1.165) is 31.0 Å². The van der Waals surface area contributed by atoms with E-state index in [2.05, 4.69) is 0 Å². The van der Waals surface area contributed by atoms with E-state index in [1.54, 1.807) is 20.2 Å². The zero-order chi connectivity index (χ0) is 29.7. The number of hydrogen-bond donors (Lipinski definition) is 4. The first-order chi connectivity index (χ1) is 18.8. The van der Waals surface area contributed by atoms with Crippen LogP contribution in [0.1, 0.15) is 49.0 Å². The average molecular weight is 556 g/mol. The van der Waals surface area contributed by atoms with E-state index in [1.165, 1.54) is 4.90 Å². The molecule has 0 aliphatic heterocycles. The zero-order valence-electron chi connectivity index (χ0n) is 23.7. The quantitative estimate of drug-likeness (QED) is 0.289. The molecule has 0 saturated heterocycles. The van der Waals surface area contributed by atoms with Gasteiger partial charge in [0.15, 0.2) is 11.4 Å². The minimum absolute atomic E-state index is 0.0646. The zero-order valence-corrected chi connectivity index (χ0v) is 23.7. The Labute approximate surface area is 233 Å². The monoisotopic (exact) mass is 555 g/mol. The fourth-order valence-electron chi connectivity index (χ4n) is 6.29. The maximum absolute atomic E-state index is 14.1. The number of imide groups is 1. The largest absolute Gasteiger partial charge is 0.510 e. The lowest BCUT2D eigenvalue weighted by atomic mass is 9.58. The van der Waals surface area contributed by atoms with Gasteiger partial charge in [0.1, 0.15) is 22.8 Å². The molecule has 3 aliphatic rings. The molecule has 0 aromatic heterocycles. The van der Waals surface area contributed by atoms with Crippen LogP contribution in [0.2, 0.25) is 0 Å². The predicted octanol–water partition coefficient (Wildman–Crippen LogP) is 1.84. The summed E-state index contributed by atoms with van der Waals surface area (Å²) in [5.74, 6) is -6.55. The van der Waals surface area contributed by atoms with Gasteiger partial charge in [0, 0.05) is 38.2 Å². The molecule has 1 unspecified atom stereocenters. The third-order valence-corrected chi connectivity index (χ3v) is 8.07. The van der Waals surface area contributed by atoms with Crippen molar-refractivity contribution in [3.8, 4) is 5.75 Å². The van der Waals surface area contributed by atoms with Gasteiger partial charge in [-0.2, -0.15) is 0 Å². The molecule has 0 bridgehead atoms. The molecule has 0 fully saturated rings. The van der Waals surface area contributed by atoms with Gasteiger partial charge in [0.25, 0.3) is 5.91 Å². The number of amides is 2. The minimum Gasteiger partial charge on any atom is -0.510 e. The highest BCUT2D eigenvalue weighted by atomic mass is 16.5. The average Bonchev–Trinajstić information content (AvgIpc) is 2.85. The standard InChI is InChI=1S/C29H37N3O8/c1-7-8-11-40-19-10-9-18(31(3)4)16-12-15-13-17-23(32(5)6)25(35)22(28(38)30-14(2)33)27(37)29(17,39)26(36)20(15)24(34)21(16)19/h9-10,15,17,23,35-36,39H,7-8,11-13H2,1-6H3,(H,30,33,38)/t15-,17-,23?,29-/m0/s1. The molecular weight excluding hydrogens is 518 g/mol. The number of aliphatic hydroxyl groups is 3. The molecule has 11 heteroatoms. The number of Topliss-reactive ketones (excluding diaryl/α,β-unsaturated/α-hetero) is 2.